The Morgan fingerprint density at radius 3 is 2.72 bits per heavy atom. The summed E-state index contributed by atoms with van der Waals surface area (Å²) in [5.74, 6) is -0.0791. The summed E-state index contributed by atoms with van der Waals surface area (Å²) in [4.78, 5) is 22.9. The SMILES string of the molecule is CNC(=O)CCNC(=O)c1c(N)cccc1OC. The van der Waals surface area contributed by atoms with Gasteiger partial charge in [0.25, 0.3) is 5.91 Å². The molecule has 4 N–H and O–H groups in total. The van der Waals surface area contributed by atoms with Gasteiger partial charge in [0.2, 0.25) is 5.91 Å². The zero-order chi connectivity index (χ0) is 13.5. The fourth-order valence-electron chi connectivity index (χ4n) is 1.46. The van der Waals surface area contributed by atoms with Gasteiger partial charge in [-0.2, -0.15) is 0 Å². The minimum atomic E-state index is -0.353. The molecule has 1 rings (SSSR count). The van der Waals surface area contributed by atoms with Crippen LogP contribution in [0.3, 0.4) is 0 Å². The van der Waals surface area contributed by atoms with Crippen molar-refractivity contribution in [1.29, 1.82) is 0 Å². The summed E-state index contributed by atoms with van der Waals surface area (Å²) in [5, 5.41) is 5.09. The molecule has 0 heterocycles. The summed E-state index contributed by atoms with van der Waals surface area (Å²) < 4.78 is 5.08. The molecule has 0 fully saturated rings. The zero-order valence-electron chi connectivity index (χ0n) is 10.4. The van der Waals surface area contributed by atoms with Crippen LogP contribution >= 0.6 is 0 Å². The highest BCUT2D eigenvalue weighted by Gasteiger charge is 2.15. The maximum absolute atomic E-state index is 11.9. The predicted molar refractivity (Wildman–Crippen MR) is 68.4 cm³/mol. The number of rotatable bonds is 5. The molecule has 0 saturated carbocycles. The molecule has 0 unspecified atom stereocenters. The summed E-state index contributed by atoms with van der Waals surface area (Å²) in [5.41, 5.74) is 6.36. The van der Waals surface area contributed by atoms with Crippen LogP contribution in [0.15, 0.2) is 18.2 Å². The minimum absolute atomic E-state index is 0.136. The highest BCUT2D eigenvalue weighted by Crippen LogP contribution is 2.23. The highest BCUT2D eigenvalue weighted by molar-refractivity contribution is 6.02. The third-order valence-corrected chi connectivity index (χ3v) is 2.42. The van der Waals surface area contributed by atoms with E-state index in [2.05, 4.69) is 10.6 Å². The van der Waals surface area contributed by atoms with E-state index in [1.165, 1.54) is 7.11 Å². The van der Waals surface area contributed by atoms with Crippen LogP contribution in [0.2, 0.25) is 0 Å². The topological polar surface area (TPSA) is 93.5 Å². The third-order valence-electron chi connectivity index (χ3n) is 2.42. The van der Waals surface area contributed by atoms with Gasteiger partial charge in [0, 0.05) is 25.7 Å². The Bertz CT molecular complexity index is 446. The maximum atomic E-state index is 11.9. The lowest BCUT2D eigenvalue weighted by Gasteiger charge is -2.11. The molecular formula is C12H17N3O3. The first-order chi connectivity index (χ1) is 8.60. The molecule has 0 aliphatic carbocycles. The number of nitrogens with two attached hydrogens (primary N) is 1. The van der Waals surface area contributed by atoms with Crippen LogP contribution < -0.4 is 21.1 Å². The Morgan fingerprint density at radius 1 is 1.39 bits per heavy atom. The average molecular weight is 251 g/mol. The van der Waals surface area contributed by atoms with Crippen molar-refractivity contribution in [2.75, 3.05) is 26.4 Å². The number of amides is 2. The van der Waals surface area contributed by atoms with Crippen molar-refractivity contribution in [3.05, 3.63) is 23.8 Å². The first-order valence-corrected chi connectivity index (χ1v) is 5.51. The van der Waals surface area contributed by atoms with Gasteiger partial charge in [0.05, 0.1) is 7.11 Å². The lowest BCUT2D eigenvalue weighted by Crippen LogP contribution is -2.29. The van der Waals surface area contributed by atoms with E-state index in [1.807, 2.05) is 0 Å². The van der Waals surface area contributed by atoms with Crippen molar-refractivity contribution >= 4 is 17.5 Å². The molecule has 6 nitrogen and oxygen atoms in total. The van der Waals surface area contributed by atoms with Gasteiger partial charge in [-0.15, -0.1) is 0 Å². The number of benzene rings is 1. The largest absolute Gasteiger partial charge is 0.496 e. The standard InChI is InChI=1S/C12H17N3O3/c1-14-10(16)6-7-15-12(17)11-8(13)4-3-5-9(11)18-2/h3-5H,6-7,13H2,1-2H3,(H,14,16)(H,15,17). The van der Waals surface area contributed by atoms with Crippen molar-refractivity contribution in [3.8, 4) is 5.75 Å². The molecule has 1 aromatic rings. The molecule has 0 bridgehead atoms. The van der Waals surface area contributed by atoms with E-state index < -0.39 is 0 Å². The molecule has 0 saturated heterocycles. The molecule has 0 spiro atoms. The van der Waals surface area contributed by atoms with Crippen molar-refractivity contribution in [2.45, 2.75) is 6.42 Å². The third kappa shape index (κ3) is 3.38. The number of anilines is 1. The summed E-state index contributed by atoms with van der Waals surface area (Å²) in [6.45, 7) is 0.246. The number of carbonyl (C=O) groups excluding carboxylic acids is 2. The molecule has 6 heteroatoms. The van der Waals surface area contributed by atoms with Gasteiger partial charge in [-0.05, 0) is 12.1 Å². The minimum Gasteiger partial charge on any atom is -0.496 e. The van der Waals surface area contributed by atoms with Gasteiger partial charge in [-0.3, -0.25) is 9.59 Å². The molecule has 98 valence electrons. The van der Waals surface area contributed by atoms with Crippen LogP contribution in [0.25, 0.3) is 0 Å². The molecule has 1 aromatic carbocycles. The fraction of sp³-hybridized carbons (Fsp3) is 0.333. The van der Waals surface area contributed by atoms with Crippen LogP contribution in [0.1, 0.15) is 16.8 Å². The monoisotopic (exact) mass is 251 g/mol. The number of ether oxygens (including phenoxy) is 1. The summed E-state index contributed by atoms with van der Waals surface area (Å²) in [7, 11) is 3.01. The van der Waals surface area contributed by atoms with Crippen LogP contribution in [0, 0.1) is 0 Å². The zero-order valence-corrected chi connectivity index (χ0v) is 10.4. The number of carbonyl (C=O) groups is 2. The second kappa shape index (κ2) is 6.48. The Balaban J connectivity index is 2.69. The molecular weight excluding hydrogens is 234 g/mol. The quantitative estimate of drug-likeness (QED) is 0.649. The van der Waals surface area contributed by atoms with Crippen molar-refractivity contribution in [3.63, 3.8) is 0 Å². The second-order valence-electron chi connectivity index (χ2n) is 3.60. The summed E-state index contributed by atoms with van der Waals surface area (Å²) >= 11 is 0. The number of hydrogen-bond donors (Lipinski definition) is 3. The van der Waals surface area contributed by atoms with Crippen LogP contribution in [0.5, 0.6) is 5.75 Å². The van der Waals surface area contributed by atoms with Crippen LogP contribution in [0.4, 0.5) is 5.69 Å². The van der Waals surface area contributed by atoms with E-state index in [0.717, 1.165) is 0 Å². The first kappa shape index (κ1) is 13.8. The smallest absolute Gasteiger partial charge is 0.257 e. The van der Waals surface area contributed by atoms with Crippen molar-refractivity contribution in [1.82, 2.24) is 10.6 Å². The molecule has 0 radical (unpaired) electrons. The van der Waals surface area contributed by atoms with Crippen molar-refractivity contribution in [2.24, 2.45) is 0 Å². The number of methoxy groups -OCH3 is 1. The average Bonchev–Trinajstić information content (AvgIpc) is 2.37. The Hall–Kier alpha value is -2.24. The van der Waals surface area contributed by atoms with E-state index in [1.54, 1.807) is 25.2 Å². The Kier molecular flexibility index (Phi) is 4.98. The number of hydrogen-bond acceptors (Lipinski definition) is 4. The number of nitrogen functional groups attached to an aromatic ring is 1. The van der Waals surface area contributed by atoms with Gasteiger partial charge >= 0.3 is 0 Å². The molecule has 0 atom stereocenters. The normalized spacial score (nSPS) is 9.67. The molecule has 2 amide bonds. The van der Waals surface area contributed by atoms with Crippen molar-refractivity contribution < 1.29 is 14.3 Å². The van der Waals surface area contributed by atoms with Crippen LogP contribution in [-0.2, 0) is 4.79 Å². The highest BCUT2D eigenvalue weighted by atomic mass is 16.5. The molecule has 0 aliphatic heterocycles. The van der Waals surface area contributed by atoms with E-state index in [-0.39, 0.29) is 30.3 Å². The predicted octanol–water partition coefficient (Wildman–Crippen LogP) is 0.143. The van der Waals surface area contributed by atoms with E-state index >= 15 is 0 Å². The number of nitrogens with one attached hydrogen (secondary N) is 2. The molecule has 0 aromatic heterocycles. The fourth-order valence-corrected chi connectivity index (χ4v) is 1.46. The van der Waals surface area contributed by atoms with Crippen LogP contribution in [-0.4, -0.2) is 32.5 Å². The Labute approximate surface area is 105 Å². The second-order valence-corrected chi connectivity index (χ2v) is 3.60. The van der Waals surface area contributed by atoms with Gasteiger partial charge in [0.1, 0.15) is 11.3 Å². The summed E-state index contributed by atoms with van der Waals surface area (Å²) in [6, 6.07) is 4.98. The summed E-state index contributed by atoms with van der Waals surface area (Å²) in [6.07, 6.45) is 0.220. The van der Waals surface area contributed by atoms with E-state index in [4.69, 9.17) is 10.5 Å². The van der Waals surface area contributed by atoms with Gasteiger partial charge < -0.3 is 21.1 Å². The Morgan fingerprint density at radius 2 is 2.11 bits per heavy atom. The first-order valence-electron chi connectivity index (χ1n) is 5.51. The molecule has 0 aliphatic rings. The maximum Gasteiger partial charge on any atom is 0.257 e. The molecule has 18 heavy (non-hydrogen) atoms. The van der Waals surface area contributed by atoms with E-state index in [9.17, 15) is 9.59 Å². The lowest BCUT2D eigenvalue weighted by molar-refractivity contribution is -0.120. The van der Waals surface area contributed by atoms with E-state index in [0.29, 0.717) is 11.4 Å². The lowest BCUT2D eigenvalue weighted by atomic mass is 10.1. The van der Waals surface area contributed by atoms with Gasteiger partial charge in [-0.25, -0.2) is 0 Å². The van der Waals surface area contributed by atoms with Gasteiger partial charge in [-0.1, -0.05) is 6.07 Å². The van der Waals surface area contributed by atoms with Gasteiger partial charge in [0.15, 0.2) is 0 Å².